The number of hydrogen-bond acceptors (Lipinski definition) is 2. The second-order valence-corrected chi connectivity index (χ2v) is 7.17. The van der Waals surface area contributed by atoms with Crippen LogP contribution < -0.4 is 0 Å². The Morgan fingerprint density at radius 1 is 1.33 bits per heavy atom. The Kier molecular flexibility index (Phi) is 1.86. The Labute approximate surface area is 109 Å². The van der Waals surface area contributed by atoms with Crippen LogP contribution in [0.2, 0.25) is 0 Å². The van der Waals surface area contributed by atoms with E-state index in [2.05, 4.69) is 13.5 Å². The highest BCUT2D eigenvalue weighted by molar-refractivity contribution is 5.87. The molecule has 0 heterocycles. The van der Waals surface area contributed by atoms with Gasteiger partial charge < -0.3 is 4.74 Å². The van der Waals surface area contributed by atoms with E-state index in [1.165, 1.54) is 25.7 Å². The van der Waals surface area contributed by atoms with E-state index in [4.69, 9.17) is 4.74 Å². The predicted octanol–water partition coefficient (Wildman–Crippen LogP) is 3.32. The fourth-order valence-corrected chi connectivity index (χ4v) is 6.28. The van der Waals surface area contributed by atoms with Crippen LogP contribution in [0.15, 0.2) is 12.2 Å². The number of rotatable bonds is 3. The van der Waals surface area contributed by atoms with Crippen molar-refractivity contribution < 1.29 is 9.53 Å². The molecule has 6 atom stereocenters. The summed E-state index contributed by atoms with van der Waals surface area (Å²) < 4.78 is 5.96. The summed E-state index contributed by atoms with van der Waals surface area (Å²) in [6.45, 7) is 7.67. The smallest absolute Gasteiger partial charge is 0.333 e. The average Bonchev–Trinajstić information content (AvgIpc) is 2.83. The molecular weight excluding hydrogens is 224 g/mol. The summed E-state index contributed by atoms with van der Waals surface area (Å²) in [4.78, 5) is 11.9. The van der Waals surface area contributed by atoms with Gasteiger partial charge in [0.1, 0.15) is 5.60 Å². The number of fused-ring (bicyclic) bond motifs is 1. The lowest BCUT2D eigenvalue weighted by atomic mass is 9.31. The highest BCUT2D eigenvalue weighted by Gasteiger charge is 2.84. The summed E-state index contributed by atoms with van der Waals surface area (Å²) in [6.07, 6.45) is 6.50. The summed E-state index contributed by atoms with van der Waals surface area (Å²) >= 11 is 0. The number of ether oxygens (including phenoxy) is 1. The van der Waals surface area contributed by atoms with Gasteiger partial charge in [-0.25, -0.2) is 4.79 Å². The van der Waals surface area contributed by atoms with Gasteiger partial charge in [-0.3, -0.25) is 0 Å². The minimum Gasteiger partial charge on any atom is -0.455 e. The highest BCUT2D eigenvalue weighted by atomic mass is 16.6. The van der Waals surface area contributed by atoms with Crippen molar-refractivity contribution in [1.82, 2.24) is 0 Å². The molecule has 0 amide bonds. The first-order valence-corrected chi connectivity index (χ1v) is 7.43. The second-order valence-electron chi connectivity index (χ2n) is 7.17. The molecule has 4 aliphatic rings. The molecule has 6 unspecified atom stereocenters. The lowest BCUT2D eigenvalue weighted by molar-refractivity contribution is -0.326. The molecule has 0 aromatic heterocycles. The number of carbonyl (C=O) groups is 1. The fraction of sp³-hybridized carbons (Fsp3) is 0.812. The van der Waals surface area contributed by atoms with Crippen molar-refractivity contribution in [2.75, 3.05) is 0 Å². The zero-order valence-corrected chi connectivity index (χ0v) is 11.4. The molecular formula is C16H22O2. The van der Waals surface area contributed by atoms with Crippen molar-refractivity contribution in [1.29, 1.82) is 0 Å². The summed E-state index contributed by atoms with van der Waals surface area (Å²) in [6, 6.07) is 0. The lowest BCUT2D eigenvalue weighted by Gasteiger charge is -2.75. The molecule has 0 N–H and O–H groups in total. The molecule has 0 aromatic carbocycles. The van der Waals surface area contributed by atoms with E-state index in [9.17, 15) is 4.79 Å². The molecule has 4 aliphatic carbocycles. The maximum atomic E-state index is 11.9. The van der Waals surface area contributed by atoms with Gasteiger partial charge in [-0.05, 0) is 56.3 Å². The first kappa shape index (κ1) is 11.1. The van der Waals surface area contributed by atoms with Gasteiger partial charge in [0.25, 0.3) is 0 Å². The Morgan fingerprint density at radius 3 is 2.67 bits per heavy atom. The lowest BCUT2D eigenvalue weighted by Crippen LogP contribution is -2.76. The molecule has 2 heteroatoms. The van der Waals surface area contributed by atoms with Crippen LogP contribution in [0.4, 0.5) is 0 Å². The summed E-state index contributed by atoms with van der Waals surface area (Å²) in [5.41, 5.74) is 1.03. The van der Waals surface area contributed by atoms with E-state index >= 15 is 0 Å². The topological polar surface area (TPSA) is 26.3 Å². The maximum Gasteiger partial charge on any atom is 0.333 e. The minimum atomic E-state index is -0.169. The summed E-state index contributed by atoms with van der Waals surface area (Å²) in [5, 5.41) is 0. The van der Waals surface area contributed by atoms with E-state index in [1.54, 1.807) is 6.92 Å². The monoisotopic (exact) mass is 246 g/mol. The van der Waals surface area contributed by atoms with Crippen molar-refractivity contribution in [3.8, 4) is 0 Å². The van der Waals surface area contributed by atoms with Crippen LogP contribution >= 0.6 is 0 Å². The normalized spacial score (nSPS) is 54.3. The molecule has 18 heavy (non-hydrogen) atoms. The van der Waals surface area contributed by atoms with Crippen LogP contribution in [0, 0.1) is 29.1 Å². The quantitative estimate of drug-likeness (QED) is 0.564. The van der Waals surface area contributed by atoms with E-state index in [-0.39, 0.29) is 11.6 Å². The van der Waals surface area contributed by atoms with Crippen LogP contribution in [0.25, 0.3) is 0 Å². The molecule has 4 saturated carbocycles. The molecule has 2 bridgehead atoms. The van der Waals surface area contributed by atoms with Crippen LogP contribution in [0.1, 0.15) is 46.0 Å². The van der Waals surface area contributed by atoms with Gasteiger partial charge in [-0.1, -0.05) is 13.5 Å². The zero-order valence-electron chi connectivity index (χ0n) is 11.4. The first-order valence-electron chi connectivity index (χ1n) is 7.43. The Bertz CT molecular complexity index is 454. The SMILES string of the molecule is C=C(C)C(=O)OC1(CC)C2CC3CC4CC1C42C3. The van der Waals surface area contributed by atoms with Crippen molar-refractivity contribution in [2.24, 2.45) is 29.1 Å². The molecule has 2 nitrogen and oxygen atoms in total. The van der Waals surface area contributed by atoms with E-state index in [0.717, 1.165) is 18.3 Å². The Morgan fingerprint density at radius 2 is 2.06 bits per heavy atom. The first-order chi connectivity index (χ1) is 8.54. The third-order valence-corrected chi connectivity index (χ3v) is 6.77. The molecule has 4 fully saturated rings. The minimum absolute atomic E-state index is 0.123. The van der Waals surface area contributed by atoms with Crippen LogP contribution in [0.5, 0.6) is 0 Å². The largest absolute Gasteiger partial charge is 0.455 e. The molecule has 4 rings (SSSR count). The summed E-state index contributed by atoms with van der Waals surface area (Å²) in [5.74, 6) is 3.07. The Balaban J connectivity index is 1.65. The zero-order chi connectivity index (χ0) is 12.7. The number of carbonyl (C=O) groups excluding carboxylic acids is 1. The molecule has 0 radical (unpaired) electrons. The molecule has 0 saturated heterocycles. The van der Waals surface area contributed by atoms with E-state index < -0.39 is 0 Å². The number of hydrogen-bond donors (Lipinski definition) is 0. The molecule has 0 aliphatic heterocycles. The highest BCUT2D eigenvalue weighted by Crippen LogP contribution is 2.85. The van der Waals surface area contributed by atoms with Gasteiger partial charge in [-0.2, -0.15) is 0 Å². The van der Waals surface area contributed by atoms with Gasteiger partial charge in [0.05, 0.1) is 0 Å². The third-order valence-electron chi connectivity index (χ3n) is 6.77. The van der Waals surface area contributed by atoms with Gasteiger partial charge in [0.15, 0.2) is 0 Å². The molecule has 1 spiro atoms. The van der Waals surface area contributed by atoms with Crippen molar-refractivity contribution in [3.05, 3.63) is 12.2 Å². The van der Waals surface area contributed by atoms with Gasteiger partial charge in [-0.15, -0.1) is 0 Å². The number of esters is 1. The maximum absolute atomic E-state index is 11.9. The fourth-order valence-electron chi connectivity index (χ4n) is 6.28. The average molecular weight is 246 g/mol. The van der Waals surface area contributed by atoms with E-state index in [0.29, 0.717) is 22.8 Å². The molecule has 98 valence electrons. The van der Waals surface area contributed by atoms with Crippen LogP contribution in [0.3, 0.4) is 0 Å². The van der Waals surface area contributed by atoms with Crippen molar-refractivity contribution in [3.63, 3.8) is 0 Å². The van der Waals surface area contributed by atoms with Gasteiger partial charge in [0, 0.05) is 17.4 Å². The van der Waals surface area contributed by atoms with Crippen LogP contribution in [-0.4, -0.2) is 11.6 Å². The Hall–Kier alpha value is -0.790. The second kappa shape index (κ2) is 3.02. The van der Waals surface area contributed by atoms with Gasteiger partial charge >= 0.3 is 5.97 Å². The van der Waals surface area contributed by atoms with Crippen LogP contribution in [-0.2, 0) is 9.53 Å². The predicted molar refractivity (Wildman–Crippen MR) is 68.8 cm³/mol. The third kappa shape index (κ3) is 0.906. The summed E-state index contributed by atoms with van der Waals surface area (Å²) in [7, 11) is 0. The van der Waals surface area contributed by atoms with Gasteiger partial charge in [0.2, 0.25) is 0 Å². The standard InChI is InChI=1S/C16H22O2/c1-4-16(18-14(17)9(2)3)12-6-10-5-11-7-13(16)15(11,12)8-10/h10-13H,2,4-8H2,1,3H3. The molecule has 0 aromatic rings. The van der Waals surface area contributed by atoms with Crippen molar-refractivity contribution in [2.45, 2.75) is 51.6 Å². The van der Waals surface area contributed by atoms with Crippen molar-refractivity contribution >= 4 is 5.97 Å². The van der Waals surface area contributed by atoms with E-state index in [1.807, 2.05) is 0 Å².